The summed E-state index contributed by atoms with van der Waals surface area (Å²) in [7, 11) is 1.40. The number of carbonyl (C=O) groups is 3. The molecule has 1 fully saturated rings. The van der Waals surface area contributed by atoms with Gasteiger partial charge in [0.15, 0.2) is 6.61 Å². The van der Waals surface area contributed by atoms with Crippen LogP contribution in [-0.2, 0) is 20.9 Å². The third-order valence-electron chi connectivity index (χ3n) is 4.18. The molecule has 7 heteroatoms. The molecule has 2 N–H and O–H groups in total. The molecule has 1 aliphatic heterocycles. The van der Waals surface area contributed by atoms with Crippen molar-refractivity contribution >= 4 is 17.9 Å². The number of hydrogen-bond donors (Lipinski definition) is 2. The first-order valence-corrected chi connectivity index (χ1v) is 8.47. The number of nitrogens with zero attached hydrogens (tertiary/aromatic N) is 1. The molecule has 0 aliphatic carbocycles. The van der Waals surface area contributed by atoms with E-state index >= 15 is 0 Å². The van der Waals surface area contributed by atoms with Crippen LogP contribution in [-0.4, -0.2) is 49.0 Å². The van der Waals surface area contributed by atoms with Crippen LogP contribution in [0.2, 0.25) is 0 Å². The molecule has 25 heavy (non-hydrogen) atoms. The fraction of sp³-hybridized carbons (Fsp3) is 0.500. The van der Waals surface area contributed by atoms with E-state index in [1.807, 2.05) is 25.1 Å². The molecule has 0 aromatic heterocycles. The molecule has 1 aromatic rings. The molecule has 1 saturated heterocycles. The van der Waals surface area contributed by atoms with Gasteiger partial charge in [0.05, 0.1) is 0 Å². The van der Waals surface area contributed by atoms with E-state index in [2.05, 4.69) is 21.6 Å². The van der Waals surface area contributed by atoms with E-state index in [0.717, 1.165) is 24.9 Å². The number of amides is 3. The van der Waals surface area contributed by atoms with Gasteiger partial charge in [-0.3, -0.25) is 19.8 Å². The van der Waals surface area contributed by atoms with Crippen LogP contribution in [0.4, 0.5) is 4.79 Å². The number of piperidine rings is 1. The summed E-state index contributed by atoms with van der Waals surface area (Å²) in [5, 5.41) is 4.33. The van der Waals surface area contributed by atoms with Gasteiger partial charge in [0, 0.05) is 13.6 Å². The van der Waals surface area contributed by atoms with E-state index in [0.29, 0.717) is 13.0 Å². The maximum Gasteiger partial charge on any atom is 0.323 e. The molecule has 3 amide bonds. The first kappa shape index (κ1) is 18.9. The van der Waals surface area contributed by atoms with Crippen molar-refractivity contribution in [3.8, 4) is 0 Å². The highest BCUT2D eigenvalue weighted by Crippen LogP contribution is 2.21. The average Bonchev–Trinajstić information content (AvgIpc) is 2.60. The third kappa shape index (κ3) is 5.86. The van der Waals surface area contributed by atoms with Gasteiger partial charge >= 0.3 is 12.0 Å². The van der Waals surface area contributed by atoms with E-state index in [4.69, 9.17) is 4.74 Å². The minimum absolute atomic E-state index is 0.359. The summed E-state index contributed by atoms with van der Waals surface area (Å²) in [6.07, 6.45) is 2.70. The zero-order valence-corrected chi connectivity index (χ0v) is 14.7. The van der Waals surface area contributed by atoms with Crippen molar-refractivity contribution in [3.63, 3.8) is 0 Å². The van der Waals surface area contributed by atoms with Crippen molar-refractivity contribution in [2.75, 3.05) is 20.2 Å². The van der Waals surface area contributed by atoms with E-state index < -0.39 is 24.5 Å². The van der Waals surface area contributed by atoms with Gasteiger partial charge in [-0.15, -0.1) is 0 Å². The lowest BCUT2D eigenvalue weighted by atomic mass is 10.0. The van der Waals surface area contributed by atoms with Crippen molar-refractivity contribution < 1.29 is 19.1 Å². The number of likely N-dealkylation sites (tertiary alicyclic amines) is 1. The van der Waals surface area contributed by atoms with Gasteiger partial charge in [0.25, 0.3) is 5.91 Å². The van der Waals surface area contributed by atoms with Gasteiger partial charge in [-0.05, 0) is 31.9 Å². The average molecular weight is 347 g/mol. The molecule has 1 aromatic carbocycles. The second-order valence-corrected chi connectivity index (χ2v) is 6.21. The van der Waals surface area contributed by atoms with Crippen molar-refractivity contribution in [3.05, 3.63) is 35.4 Å². The lowest BCUT2D eigenvalue weighted by Crippen LogP contribution is -2.46. The Kier molecular flexibility index (Phi) is 6.94. The molecule has 7 nitrogen and oxygen atoms in total. The number of esters is 1. The SMILES string of the molecule is CNC(=O)NC(=O)COC(=O)C1CCCCN1Cc1cccc(C)c1. The molecule has 1 aliphatic rings. The number of carbonyl (C=O) groups excluding carboxylic acids is 3. The van der Waals surface area contributed by atoms with Crippen molar-refractivity contribution in [2.24, 2.45) is 0 Å². The highest BCUT2D eigenvalue weighted by Gasteiger charge is 2.30. The summed E-state index contributed by atoms with van der Waals surface area (Å²) in [4.78, 5) is 37.1. The van der Waals surface area contributed by atoms with E-state index in [1.165, 1.54) is 12.6 Å². The standard InChI is InChI=1S/C18H25N3O4/c1-13-6-5-7-14(10-13)11-21-9-4-3-8-15(21)17(23)25-12-16(22)20-18(24)19-2/h5-7,10,15H,3-4,8-9,11-12H2,1-2H3,(H2,19,20,22,24). The Labute approximate surface area is 147 Å². The summed E-state index contributed by atoms with van der Waals surface area (Å²) >= 11 is 0. The van der Waals surface area contributed by atoms with Crippen LogP contribution < -0.4 is 10.6 Å². The molecule has 0 bridgehead atoms. The summed E-state index contributed by atoms with van der Waals surface area (Å²) in [6, 6.07) is 7.21. The number of urea groups is 1. The van der Waals surface area contributed by atoms with Gasteiger partial charge in [0.1, 0.15) is 6.04 Å². The second kappa shape index (κ2) is 9.17. The highest BCUT2D eigenvalue weighted by molar-refractivity contribution is 5.95. The third-order valence-corrected chi connectivity index (χ3v) is 4.18. The molecule has 2 rings (SSSR count). The second-order valence-electron chi connectivity index (χ2n) is 6.21. The Balaban J connectivity index is 1.91. The van der Waals surface area contributed by atoms with Gasteiger partial charge in [-0.1, -0.05) is 36.2 Å². The van der Waals surface area contributed by atoms with Crippen LogP contribution in [0.25, 0.3) is 0 Å². The van der Waals surface area contributed by atoms with Crippen LogP contribution in [0, 0.1) is 6.92 Å². The van der Waals surface area contributed by atoms with E-state index in [-0.39, 0.29) is 6.04 Å². The number of ether oxygens (including phenoxy) is 1. The molecule has 1 atom stereocenters. The smallest absolute Gasteiger partial charge is 0.323 e. The Morgan fingerprint density at radius 3 is 2.80 bits per heavy atom. The zero-order valence-electron chi connectivity index (χ0n) is 14.7. The molecular weight excluding hydrogens is 322 g/mol. The lowest BCUT2D eigenvalue weighted by Gasteiger charge is -2.34. The van der Waals surface area contributed by atoms with Crippen LogP contribution in [0.3, 0.4) is 0 Å². The van der Waals surface area contributed by atoms with Crippen LogP contribution >= 0.6 is 0 Å². The van der Waals surface area contributed by atoms with Gasteiger partial charge in [-0.2, -0.15) is 0 Å². The predicted octanol–water partition coefficient (Wildman–Crippen LogP) is 1.35. The fourth-order valence-electron chi connectivity index (χ4n) is 2.95. The number of rotatable bonds is 5. The van der Waals surface area contributed by atoms with E-state index in [9.17, 15) is 14.4 Å². The lowest BCUT2D eigenvalue weighted by molar-refractivity contribution is -0.155. The van der Waals surface area contributed by atoms with Crippen LogP contribution in [0.5, 0.6) is 0 Å². The zero-order chi connectivity index (χ0) is 18.2. The molecule has 0 saturated carbocycles. The molecule has 0 spiro atoms. The van der Waals surface area contributed by atoms with Crippen molar-refractivity contribution in [2.45, 2.75) is 38.8 Å². The molecular formula is C18H25N3O4. The number of nitrogens with one attached hydrogen (secondary N) is 2. The van der Waals surface area contributed by atoms with Gasteiger partial charge in [-0.25, -0.2) is 4.79 Å². The first-order chi connectivity index (χ1) is 12.0. The van der Waals surface area contributed by atoms with Crippen molar-refractivity contribution in [1.82, 2.24) is 15.5 Å². The maximum atomic E-state index is 12.4. The van der Waals surface area contributed by atoms with Crippen LogP contribution in [0.15, 0.2) is 24.3 Å². The Bertz CT molecular complexity index is 633. The molecule has 0 radical (unpaired) electrons. The van der Waals surface area contributed by atoms with E-state index in [1.54, 1.807) is 0 Å². The summed E-state index contributed by atoms with van der Waals surface area (Å²) < 4.78 is 5.11. The topological polar surface area (TPSA) is 87.7 Å². The molecule has 1 unspecified atom stereocenters. The highest BCUT2D eigenvalue weighted by atomic mass is 16.5. The Morgan fingerprint density at radius 2 is 2.08 bits per heavy atom. The number of benzene rings is 1. The number of hydrogen-bond acceptors (Lipinski definition) is 5. The normalized spacial score (nSPS) is 17.6. The predicted molar refractivity (Wildman–Crippen MR) is 92.8 cm³/mol. The Hall–Kier alpha value is -2.41. The maximum absolute atomic E-state index is 12.4. The minimum atomic E-state index is -0.645. The summed E-state index contributed by atoms with van der Waals surface area (Å²) in [5.41, 5.74) is 2.33. The monoisotopic (exact) mass is 347 g/mol. The Morgan fingerprint density at radius 1 is 1.28 bits per heavy atom. The minimum Gasteiger partial charge on any atom is -0.454 e. The molecule has 1 heterocycles. The quantitative estimate of drug-likeness (QED) is 0.785. The largest absolute Gasteiger partial charge is 0.454 e. The summed E-state index contributed by atoms with van der Waals surface area (Å²) in [5.74, 6) is -1.06. The fourth-order valence-corrected chi connectivity index (χ4v) is 2.95. The van der Waals surface area contributed by atoms with Gasteiger partial charge < -0.3 is 10.1 Å². The first-order valence-electron chi connectivity index (χ1n) is 8.47. The number of imide groups is 1. The van der Waals surface area contributed by atoms with Crippen molar-refractivity contribution in [1.29, 1.82) is 0 Å². The van der Waals surface area contributed by atoms with Gasteiger partial charge in [0.2, 0.25) is 0 Å². The molecule has 136 valence electrons. The number of aryl methyl sites for hydroxylation is 1. The summed E-state index contributed by atoms with van der Waals surface area (Å²) in [6.45, 7) is 3.07. The van der Waals surface area contributed by atoms with Crippen LogP contribution in [0.1, 0.15) is 30.4 Å².